The normalized spacial score (nSPS) is 21.8. The molecule has 1 fully saturated rings. The van der Waals surface area contributed by atoms with E-state index in [2.05, 4.69) is 10.1 Å². The molecule has 1 aromatic rings. The fourth-order valence-electron chi connectivity index (χ4n) is 2.39. The maximum atomic E-state index is 12.4. The summed E-state index contributed by atoms with van der Waals surface area (Å²) in [7, 11) is -0.267. The van der Waals surface area contributed by atoms with E-state index >= 15 is 0 Å². The van der Waals surface area contributed by atoms with Crippen LogP contribution in [0.25, 0.3) is 0 Å². The van der Waals surface area contributed by atoms with Crippen LogP contribution in [-0.4, -0.2) is 44.8 Å². The highest BCUT2D eigenvalue weighted by atomic mass is 31.2. The van der Waals surface area contributed by atoms with Crippen LogP contribution in [0.15, 0.2) is 30.3 Å². The van der Waals surface area contributed by atoms with E-state index in [4.69, 9.17) is 13.6 Å². The van der Waals surface area contributed by atoms with Gasteiger partial charge in [-0.1, -0.05) is 44.2 Å². The molecule has 0 aliphatic carbocycles. The molecule has 144 valence electrons. The molecule has 2 rings (SSSR count). The highest BCUT2D eigenvalue weighted by molar-refractivity contribution is 7.41. The number of amides is 1. The van der Waals surface area contributed by atoms with Crippen molar-refractivity contribution in [3.63, 3.8) is 0 Å². The van der Waals surface area contributed by atoms with E-state index in [1.165, 1.54) is 7.11 Å². The summed E-state index contributed by atoms with van der Waals surface area (Å²) in [6, 6.07) is 9.98. The van der Waals surface area contributed by atoms with Crippen LogP contribution in [0.4, 0.5) is 0 Å². The molecule has 1 amide bonds. The maximum absolute atomic E-state index is 12.4. The number of benzene rings is 1. The monoisotopic (exact) mass is 383 g/mol. The zero-order valence-corrected chi connectivity index (χ0v) is 16.3. The van der Waals surface area contributed by atoms with Gasteiger partial charge in [0.25, 0.3) is 0 Å². The van der Waals surface area contributed by atoms with E-state index in [-0.39, 0.29) is 24.8 Å². The van der Waals surface area contributed by atoms with Crippen LogP contribution in [0.3, 0.4) is 0 Å². The van der Waals surface area contributed by atoms with Crippen molar-refractivity contribution in [3.8, 4) is 0 Å². The first-order valence-corrected chi connectivity index (χ1v) is 9.63. The van der Waals surface area contributed by atoms with Gasteiger partial charge in [-0.15, -0.1) is 0 Å². The van der Waals surface area contributed by atoms with Gasteiger partial charge in [-0.3, -0.25) is 14.1 Å². The average Bonchev–Trinajstić information content (AvgIpc) is 2.63. The van der Waals surface area contributed by atoms with Crippen LogP contribution >= 0.6 is 8.60 Å². The predicted octanol–water partition coefficient (Wildman–Crippen LogP) is 2.59. The predicted molar refractivity (Wildman–Crippen MR) is 97.3 cm³/mol. The SMILES string of the molecule is COC(=O)CCNC(=O)[C@@H]1O[P@@](OCCc2ccccc2)OCC1(C)C. The highest BCUT2D eigenvalue weighted by Gasteiger charge is 2.44. The number of esters is 1. The lowest BCUT2D eigenvalue weighted by molar-refractivity contribution is -0.141. The van der Waals surface area contributed by atoms with E-state index in [0.717, 1.165) is 12.0 Å². The zero-order valence-electron chi connectivity index (χ0n) is 15.4. The Bertz CT molecular complexity index is 595. The molecule has 0 aromatic heterocycles. The van der Waals surface area contributed by atoms with Gasteiger partial charge in [0.2, 0.25) is 5.91 Å². The summed E-state index contributed by atoms with van der Waals surface area (Å²) >= 11 is 0. The molecule has 1 saturated heterocycles. The van der Waals surface area contributed by atoms with E-state index in [1.807, 2.05) is 44.2 Å². The molecule has 0 radical (unpaired) electrons. The third-order valence-corrected chi connectivity index (χ3v) is 5.08. The summed E-state index contributed by atoms with van der Waals surface area (Å²) in [5, 5.41) is 2.71. The van der Waals surface area contributed by atoms with Crippen LogP contribution in [-0.2, 0) is 34.3 Å². The average molecular weight is 383 g/mol. The fourth-order valence-corrected chi connectivity index (χ4v) is 3.82. The second kappa shape index (κ2) is 9.97. The first kappa shape index (κ1) is 20.8. The Hall–Kier alpha value is -1.53. The van der Waals surface area contributed by atoms with Crippen molar-refractivity contribution >= 4 is 20.5 Å². The molecule has 26 heavy (non-hydrogen) atoms. The Kier molecular flexibility index (Phi) is 7.97. The largest absolute Gasteiger partial charge is 0.469 e. The van der Waals surface area contributed by atoms with Crippen molar-refractivity contribution in [2.24, 2.45) is 5.41 Å². The van der Waals surface area contributed by atoms with Crippen LogP contribution < -0.4 is 5.32 Å². The van der Waals surface area contributed by atoms with Crippen LogP contribution in [0.2, 0.25) is 0 Å². The minimum Gasteiger partial charge on any atom is -0.469 e. The van der Waals surface area contributed by atoms with Gasteiger partial charge in [0.15, 0.2) is 6.10 Å². The van der Waals surface area contributed by atoms with Crippen molar-refractivity contribution in [1.29, 1.82) is 0 Å². The van der Waals surface area contributed by atoms with E-state index in [1.54, 1.807) is 0 Å². The summed E-state index contributed by atoms with van der Waals surface area (Å²) < 4.78 is 21.7. The number of nitrogens with one attached hydrogen (secondary N) is 1. The zero-order chi connectivity index (χ0) is 19.0. The van der Waals surface area contributed by atoms with Crippen molar-refractivity contribution < 1.29 is 27.9 Å². The van der Waals surface area contributed by atoms with Gasteiger partial charge in [-0.2, -0.15) is 0 Å². The summed E-state index contributed by atoms with van der Waals surface area (Å²) in [6.45, 7) is 4.81. The van der Waals surface area contributed by atoms with Crippen molar-refractivity contribution in [2.45, 2.75) is 32.8 Å². The maximum Gasteiger partial charge on any atom is 0.333 e. The number of ether oxygens (including phenoxy) is 1. The molecule has 1 aliphatic rings. The number of carbonyl (C=O) groups excluding carboxylic acids is 2. The Morgan fingerprint density at radius 2 is 2.04 bits per heavy atom. The molecule has 0 saturated carbocycles. The van der Waals surface area contributed by atoms with Gasteiger partial charge in [-0.05, 0) is 12.0 Å². The molecule has 1 N–H and O–H groups in total. The van der Waals surface area contributed by atoms with Gasteiger partial charge in [0.1, 0.15) is 0 Å². The second-order valence-electron chi connectivity index (χ2n) is 6.66. The number of methoxy groups -OCH3 is 1. The Balaban J connectivity index is 1.81. The molecule has 2 atom stereocenters. The van der Waals surface area contributed by atoms with Gasteiger partial charge in [0.05, 0.1) is 26.7 Å². The van der Waals surface area contributed by atoms with Gasteiger partial charge in [-0.25, -0.2) is 0 Å². The van der Waals surface area contributed by atoms with Crippen molar-refractivity contribution in [2.75, 3.05) is 26.9 Å². The topological polar surface area (TPSA) is 83.1 Å². The molecule has 1 aliphatic heterocycles. The molecule has 8 heteroatoms. The lowest BCUT2D eigenvalue weighted by atomic mass is 9.87. The molecular formula is C18H26NO6P. The molecular weight excluding hydrogens is 357 g/mol. The third kappa shape index (κ3) is 6.32. The third-order valence-electron chi connectivity index (χ3n) is 3.97. The fraction of sp³-hybridized carbons (Fsp3) is 0.556. The Morgan fingerprint density at radius 3 is 2.73 bits per heavy atom. The van der Waals surface area contributed by atoms with Crippen LogP contribution in [0.5, 0.6) is 0 Å². The lowest BCUT2D eigenvalue weighted by Gasteiger charge is -2.39. The van der Waals surface area contributed by atoms with Gasteiger partial charge < -0.3 is 19.1 Å². The molecule has 7 nitrogen and oxygen atoms in total. The van der Waals surface area contributed by atoms with Gasteiger partial charge >= 0.3 is 14.6 Å². The second-order valence-corrected chi connectivity index (χ2v) is 7.83. The Morgan fingerprint density at radius 1 is 1.31 bits per heavy atom. The summed E-state index contributed by atoms with van der Waals surface area (Å²) in [4.78, 5) is 23.6. The summed E-state index contributed by atoms with van der Waals surface area (Å²) in [5.41, 5.74) is 0.675. The number of rotatable bonds is 8. The molecule has 0 bridgehead atoms. The standard InChI is InChI=1S/C18H26NO6P/c1-18(2)13-24-26(23-12-10-14-7-5-4-6-8-14)25-16(18)17(21)19-11-9-15(20)22-3/h4-8,16H,9-13H2,1-3H3,(H,19,21)/t16-,26-/m0/s1. The first-order chi connectivity index (χ1) is 12.4. The first-order valence-electron chi connectivity index (χ1n) is 8.53. The van der Waals surface area contributed by atoms with E-state index in [9.17, 15) is 9.59 Å². The lowest BCUT2D eigenvalue weighted by Crippen LogP contribution is -2.49. The van der Waals surface area contributed by atoms with Gasteiger partial charge in [0, 0.05) is 12.0 Å². The quantitative estimate of drug-likeness (QED) is 0.549. The number of hydrogen-bond donors (Lipinski definition) is 1. The summed E-state index contributed by atoms with van der Waals surface area (Å²) in [5.74, 6) is -0.648. The number of hydrogen-bond acceptors (Lipinski definition) is 6. The van der Waals surface area contributed by atoms with Crippen molar-refractivity contribution in [1.82, 2.24) is 5.32 Å². The number of carbonyl (C=O) groups is 2. The Labute approximate surface area is 155 Å². The molecule has 1 aromatic carbocycles. The molecule has 1 heterocycles. The van der Waals surface area contributed by atoms with E-state index in [0.29, 0.717) is 13.2 Å². The van der Waals surface area contributed by atoms with Crippen molar-refractivity contribution in [3.05, 3.63) is 35.9 Å². The summed E-state index contributed by atoms with van der Waals surface area (Å²) in [6.07, 6.45) is 0.164. The highest BCUT2D eigenvalue weighted by Crippen LogP contribution is 2.50. The molecule has 0 spiro atoms. The van der Waals surface area contributed by atoms with E-state index < -0.39 is 20.1 Å². The van der Waals surface area contributed by atoms with Crippen LogP contribution in [0.1, 0.15) is 25.8 Å². The minimum absolute atomic E-state index is 0.119. The molecule has 0 unspecified atom stereocenters. The van der Waals surface area contributed by atoms with Crippen LogP contribution in [0, 0.1) is 5.41 Å². The minimum atomic E-state index is -1.58. The smallest absolute Gasteiger partial charge is 0.333 e.